The van der Waals surface area contributed by atoms with Crippen LogP contribution in [0.1, 0.15) is 24.3 Å². The number of carbonyl (C=O) groups is 2. The number of hydrogen-bond acceptors (Lipinski definition) is 6. The monoisotopic (exact) mass is 227 g/mol. The maximum Gasteiger partial charge on any atom is 0.363 e. The van der Waals surface area contributed by atoms with Crippen LogP contribution in [-0.2, 0) is 16.1 Å². The predicted molar refractivity (Wildman–Crippen MR) is 54.2 cm³/mol. The molecule has 1 rings (SSSR count). The van der Waals surface area contributed by atoms with Crippen LogP contribution >= 0.6 is 0 Å². The van der Waals surface area contributed by atoms with Gasteiger partial charge < -0.3 is 16.2 Å². The van der Waals surface area contributed by atoms with Gasteiger partial charge in [-0.3, -0.25) is 4.79 Å². The number of nitrogens with two attached hydrogens (primary N) is 2. The lowest BCUT2D eigenvalue weighted by Crippen LogP contribution is -2.21. The Hall–Kier alpha value is -2.12. The molecule has 0 bridgehead atoms. The maximum atomic E-state index is 11.4. The normalized spacial score (nSPS) is 10.4. The van der Waals surface area contributed by atoms with Gasteiger partial charge in [0, 0.05) is 0 Å². The minimum atomic E-state index is -0.678. The van der Waals surface area contributed by atoms with Crippen molar-refractivity contribution in [1.82, 2.24) is 15.0 Å². The molecule has 16 heavy (non-hydrogen) atoms. The first-order valence-electron chi connectivity index (χ1n) is 4.60. The highest BCUT2D eigenvalue weighted by atomic mass is 16.5. The summed E-state index contributed by atoms with van der Waals surface area (Å²) in [5.74, 6) is -1.34. The Morgan fingerprint density at radius 2 is 2.12 bits per heavy atom. The van der Waals surface area contributed by atoms with Crippen LogP contribution in [0, 0.1) is 0 Å². The number of hydrogen-bond donors (Lipinski definition) is 2. The van der Waals surface area contributed by atoms with Gasteiger partial charge in [-0.15, -0.1) is 5.10 Å². The van der Waals surface area contributed by atoms with Gasteiger partial charge in [-0.1, -0.05) is 5.21 Å². The lowest BCUT2D eigenvalue weighted by atomic mass is 10.4. The van der Waals surface area contributed by atoms with Gasteiger partial charge in [0.05, 0.1) is 6.10 Å². The van der Waals surface area contributed by atoms with Gasteiger partial charge >= 0.3 is 5.97 Å². The Kier molecular flexibility index (Phi) is 3.44. The fraction of sp³-hybridized carbons (Fsp3) is 0.500. The van der Waals surface area contributed by atoms with Crippen LogP contribution in [0.5, 0.6) is 0 Å². The Balaban J connectivity index is 2.87. The van der Waals surface area contributed by atoms with Crippen molar-refractivity contribution in [3.8, 4) is 0 Å². The number of carbonyl (C=O) groups excluding carboxylic acids is 2. The molecule has 4 N–H and O–H groups in total. The molecule has 0 aliphatic rings. The van der Waals surface area contributed by atoms with E-state index in [-0.39, 0.29) is 24.2 Å². The minimum absolute atomic E-state index is 0.0375. The average molecular weight is 227 g/mol. The van der Waals surface area contributed by atoms with Crippen molar-refractivity contribution in [3.63, 3.8) is 0 Å². The number of anilines is 1. The zero-order chi connectivity index (χ0) is 12.3. The number of primary amides is 1. The number of nitrogen functional groups attached to an aromatic ring is 1. The first-order valence-corrected chi connectivity index (χ1v) is 4.60. The molecular weight excluding hydrogens is 214 g/mol. The average Bonchev–Trinajstić information content (AvgIpc) is 2.46. The lowest BCUT2D eigenvalue weighted by Gasteiger charge is -2.05. The van der Waals surface area contributed by atoms with Crippen molar-refractivity contribution < 1.29 is 14.3 Å². The van der Waals surface area contributed by atoms with E-state index in [0.29, 0.717) is 0 Å². The summed E-state index contributed by atoms with van der Waals surface area (Å²) in [6, 6.07) is 0. The fourth-order valence-corrected chi connectivity index (χ4v) is 1.00. The quantitative estimate of drug-likeness (QED) is 0.629. The second-order valence-electron chi connectivity index (χ2n) is 3.40. The molecule has 1 amide bonds. The number of esters is 1. The van der Waals surface area contributed by atoms with Gasteiger partial charge in [-0.2, -0.15) is 0 Å². The van der Waals surface area contributed by atoms with E-state index in [4.69, 9.17) is 16.2 Å². The summed E-state index contributed by atoms with van der Waals surface area (Å²) in [6.45, 7) is 3.16. The third-order valence-electron chi connectivity index (χ3n) is 1.62. The van der Waals surface area contributed by atoms with Crippen molar-refractivity contribution in [2.45, 2.75) is 26.5 Å². The third kappa shape index (κ3) is 2.69. The Labute approximate surface area is 91.5 Å². The molecule has 0 saturated carbocycles. The SMILES string of the molecule is CC(C)OC(=O)c1nnn(CC(N)=O)c1N. The van der Waals surface area contributed by atoms with E-state index in [1.54, 1.807) is 13.8 Å². The highest BCUT2D eigenvalue weighted by molar-refractivity contribution is 5.92. The van der Waals surface area contributed by atoms with E-state index in [2.05, 4.69) is 10.3 Å². The summed E-state index contributed by atoms with van der Waals surface area (Å²) in [6.07, 6.45) is -0.284. The number of amides is 1. The summed E-state index contributed by atoms with van der Waals surface area (Å²) in [7, 11) is 0. The zero-order valence-electron chi connectivity index (χ0n) is 9.01. The minimum Gasteiger partial charge on any atom is -0.458 e. The first-order chi connectivity index (χ1) is 7.41. The molecule has 8 heteroatoms. The van der Waals surface area contributed by atoms with Crippen LogP contribution in [0.4, 0.5) is 5.82 Å². The molecule has 0 saturated heterocycles. The third-order valence-corrected chi connectivity index (χ3v) is 1.62. The van der Waals surface area contributed by atoms with Gasteiger partial charge in [-0.05, 0) is 13.8 Å². The molecule has 0 spiro atoms. The molecule has 0 aromatic carbocycles. The maximum absolute atomic E-state index is 11.4. The van der Waals surface area contributed by atoms with Crippen LogP contribution in [0.2, 0.25) is 0 Å². The van der Waals surface area contributed by atoms with Crippen LogP contribution in [0.25, 0.3) is 0 Å². The van der Waals surface area contributed by atoms with E-state index in [1.165, 1.54) is 0 Å². The second-order valence-corrected chi connectivity index (χ2v) is 3.40. The van der Waals surface area contributed by atoms with E-state index in [0.717, 1.165) is 4.68 Å². The van der Waals surface area contributed by atoms with Crippen LogP contribution in [-0.4, -0.2) is 33.0 Å². The van der Waals surface area contributed by atoms with Gasteiger partial charge in [0.15, 0.2) is 5.82 Å². The van der Waals surface area contributed by atoms with Gasteiger partial charge in [0.1, 0.15) is 6.54 Å². The fourth-order valence-electron chi connectivity index (χ4n) is 1.00. The van der Waals surface area contributed by atoms with Crippen molar-refractivity contribution >= 4 is 17.7 Å². The zero-order valence-corrected chi connectivity index (χ0v) is 9.01. The summed E-state index contributed by atoms with van der Waals surface area (Å²) >= 11 is 0. The first kappa shape index (κ1) is 12.0. The van der Waals surface area contributed by atoms with Gasteiger partial charge in [0.2, 0.25) is 11.6 Å². The summed E-state index contributed by atoms with van der Waals surface area (Å²) in [5, 5.41) is 7.05. The summed E-state index contributed by atoms with van der Waals surface area (Å²) in [4.78, 5) is 22.1. The standard InChI is InChI=1S/C8H13N5O3/c1-4(2)16-8(15)6-7(10)13(12-11-6)3-5(9)14/h4H,3,10H2,1-2H3,(H2,9,14). The van der Waals surface area contributed by atoms with Gasteiger partial charge in [0.25, 0.3) is 0 Å². The molecule has 0 radical (unpaired) electrons. The molecule has 0 fully saturated rings. The molecular formula is C8H13N5O3. The van der Waals surface area contributed by atoms with Crippen molar-refractivity contribution in [2.75, 3.05) is 5.73 Å². The molecule has 8 nitrogen and oxygen atoms in total. The molecule has 1 heterocycles. The Morgan fingerprint density at radius 1 is 1.50 bits per heavy atom. The van der Waals surface area contributed by atoms with E-state index in [1.807, 2.05) is 0 Å². The highest BCUT2D eigenvalue weighted by Gasteiger charge is 2.20. The lowest BCUT2D eigenvalue weighted by molar-refractivity contribution is -0.118. The van der Waals surface area contributed by atoms with Crippen LogP contribution in [0.3, 0.4) is 0 Å². The number of rotatable bonds is 4. The predicted octanol–water partition coefficient (Wildman–Crippen LogP) is -1.09. The van der Waals surface area contributed by atoms with E-state index in [9.17, 15) is 9.59 Å². The van der Waals surface area contributed by atoms with Crippen LogP contribution in [0.15, 0.2) is 0 Å². The van der Waals surface area contributed by atoms with Crippen LogP contribution < -0.4 is 11.5 Å². The van der Waals surface area contributed by atoms with Gasteiger partial charge in [-0.25, -0.2) is 9.48 Å². The van der Waals surface area contributed by atoms with Crippen molar-refractivity contribution in [2.24, 2.45) is 5.73 Å². The van der Waals surface area contributed by atoms with Crippen molar-refractivity contribution in [3.05, 3.63) is 5.69 Å². The largest absolute Gasteiger partial charge is 0.458 e. The van der Waals surface area contributed by atoms with Crippen molar-refractivity contribution in [1.29, 1.82) is 0 Å². The summed E-state index contributed by atoms with van der Waals surface area (Å²) < 4.78 is 5.93. The highest BCUT2D eigenvalue weighted by Crippen LogP contribution is 2.09. The molecule has 1 aromatic heterocycles. The smallest absolute Gasteiger partial charge is 0.363 e. The topological polar surface area (TPSA) is 126 Å². The molecule has 0 atom stereocenters. The molecule has 88 valence electrons. The second kappa shape index (κ2) is 4.60. The Morgan fingerprint density at radius 3 is 2.62 bits per heavy atom. The number of nitrogens with zero attached hydrogens (tertiary/aromatic N) is 3. The Bertz CT molecular complexity index is 412. The number of ether oxygens (including phenoxy) is 1. The number of aromatic nitrogens is 3. The molecule has 0 aliphatic heterocycles. The molecule has 1 aromatic rings. The summed E-state index contributed by atoms with van der Waals surface area (Å²) in [5.41, 5.74) is 10.4. The van der Waals surface area contributed by atoms with E-state index >= 15 is 0 Å². The van der Waals surface area contributed by atoms with E-state index < -0.39 is 11.9 Å². The molecule has 0 unspecified atom stereocenters. The molecule has 0 aliphatic carbocycles.